The van der Waals surface area contributed by atoms with Crippen molar-refractivity contribution in [1.82, 2.24) is 0 Å². The molecule has 1 nitrogen and oxygen atoms in total. The summed E-state index contributed by atoms with van der Waals surface area (Å²) >= 11 is 0. The fourth-order valence-corrected chi connectivity index (χ4v) is 1.10. The first-order valence-electron chi connectivity index (χ1n) is 5.09. The van der Waals surface area contributed by atoms with E-state index in [4.69, 9.17) is 5.73 Å². The van der Waals surface area contributed by atoms with E-state index in [0.29, 0.717) is 0 Å². The van der Waals surface area contributed by atoms with Crippen LogP contribution in [-0.4, -0.2) is 0 Å². The van der Waals surface area contributed by atoms with Crippen molar-refractivity contribution in [3.05, 3.63) is 29.3 Å². The predicted octanol–water partition coefficient (Wildman–Crippen LogP) is 3.69. The minimum Gasteiger partial charge on any atom is -0.398 e. The van der Waals surface area contributed by atoms with Crippen molar-refractivity contribution in [3.63, 3.8) is 0 Å². The van der Waals surface area contributed by atoms with Gasteiger partial charge in [-0.25, -0.2) is 0 Å². The van der Waals surface area contributed by atoms with Gasteiger partial charge in [0.2, 0.25) is 0 Å². The second-order valence-corrected chi connectivity index (χ2v) is 4.80. The van der Waals surface area contributed by atoms with E-state index in [1.165, 1.54) is 6.07 Å². The molecule has 1 aromatic rings. The van der Waals surface area contributed by atoms with Gasteiger partial charge in [0.15, 0.2) is 0 Å². The average Bonchev–Trinajstić information content (AvgIpc) is 2.13. The summed E-state index contributed by atoms with van der Waals surface area (Å²) < 4.78 is 37.5. The van der Waals surface area contributed by atoms with Crippen LogP contribution in [0.3, 0.4) is 0 Å². The molecule has 0 heterocycles. The third-order valence-corrected chi connectivity index (χ3v) is 1.95. The maximum atomic E-state index is 12.5. The summed E-state index contributed by atoms with van der Waals surface area (Å²) in [4.78, 5) is 0. The van der Waals surface area contributed by atoms with Crippen LogP contribution in [0.15, 0.2) is 18.2 Å². The first-order chi connectivity index (χ1) is 7.59. The van der Waals surface area contributed by atoms with Crippen LogP contribution in [0.1, 0.15) is 31.9 Å². The van der Waals surface area contributed by atoms with Gasteiger partial charge < -0.3 is 5.73 Å². The van der Waals surface area contributed by atoms with Gasteiger partial charge in [0.1, 0.15) is 0 Å². The standard InChI is InChI=1S/C13H14F3N/c1-12(2,3)7-6-9-8-10(13(14,15)16)4-5-11(9)17/h4-5,8H,17H2,1-3H3. The topological polar surface area (TPSA) is 26.0 Å². The normalized spacial score (nSPS) is 11.9. The van der Waals surface area contributed by atoms with Gasteiger partial charge in [-0.05, 0) is 39.0 Å². The van der Waals surface area contributed by atoms with Crippen molar-refractivity contribution >= 4 is 5.69 Å². The van der Waals surface area contributed by atoms with Crippen molar-refractivity contribution in [2.75, 3.05) is 5.73 Å². The Kier molecular flexibility index (Phi) is 3.42. The van der Waals surface area contributed by atoms with Crippen molar-refractivity contribution in [2.45, 2.75) is 26.9 Å². The second kappa shape index (κ2) is 4.33. The Bertz CT molecular complexity index is 470. The molecule has 0 unspecified atom stereocenters. The summed E-state index contributed by atoms with van der Waals surface area (Å²) in [5.41, 5.74) is 5.06. The molecular formula is C13H14F3N. The fourth-order valence-electron chi connectivity index (χ4n) is 1.10. The number of nitrogens with two attached hydrogens (primary N) is 1. The number of hydrogen-bond donors (Lipinski definition) is 1. The van der Waals surface area contributed by atoms with Gasteiger partial charge in [0.25, 0.3) is 0 Å². The Hall–Kier alpha value is -1.63. The Morgan fingerprint density at radius 3 is 2.18 bits per heavy atom. The largest absolute Gasteiger partial charge is 0.416 e. The monoisotopic (exact) mass is 241 g/mol. The molecule has 0 atom stereocenters. The predicted molar refractivity (Wildman–Crippen MR) is 62.2 cm³/mol. The van der Waals surface area contributed by atoms with Crippen LogP contribution in [0.2, 0.25) is 0 Å². The first kappa shape index (κ1) is 13.4. The molecule has 0 fully saturated rings. The summed E-state index contributed by atoms with van der Waals surface area (Å²) in [7, 11) is 0. The van der Waals surface area contributed by atoms with E-state index >= 15 is 0 Å². The molecule has 0 saturated heterocycles. The third-order valence-electron chi connectivity index (χ3n) is 1.95. The highest BCUT2D eigenvalue weighted by Crippen LogP contribution is 2.31. The first-order valence-corrected chi connectivity index (χ1v) is 5.09. The molecule has 4 heteroatoms. The molecule has 1 rings (SSSR count). The summed E-state index contributed by atoms with van der Waals surface area (Å²) in [6, 6.07) is 3.17. The van der Waals surface area contributed by atoms with Crippen LogP contribution in [0.5, 0.6) is 0 Å². The molecule has 0 saturated carbocycles. The number of halogens is 3. The Labute approximate surface area is 98.8 Å². The van der Waals surface area contributed by atoms with E-state index in [-0.39, 0.29) is 16.7 Å². The molecule has 0 aromatic heterocycles. The zero-order valence-corrected chi connectivity index (χ0v) is 9.94. The Balaban J connectivity index is 3.20. The van der Waals surface area contributed by atoms with E-state index < -0.39 is 11.7 Å². The molecule has 2 N–H and O–H groups in total. The van der Waals surface area contributed by atoms with Crippen molar-refractivity contribution in [3.8, 4) is 11.8 Å². The van der Waals surface area contributed by atoms with Gasteiger partial charge in [-0.1, -0.05) is 11.8 Å². The van der Waals surface area contributed by atoms with Crippen molar-refractivity contribution < 1.29 is 13.2 Å². The average molecular weight is 241 g/mol. The van der Waals surface area contributed by atoms with Crippen molar-refractivity contribution in [2.24, 2.45) is 5.41 Å². The zero-order chi connectivity index (χ0) is 13.3. The molecule has 0 amide bonds. The van der Waals surface area contributed by atoms with Gasteiger partial charge in [-0.15, -0.1) is 0 Å². The van der Waals surface area contributed by atoms with Crippen LogP contribution < -0.4 is 5.73 Å². The van der Waals surface area contributed by atoms with Crippen LogP contribution >= 0.6 is 0 Å². The maximum absolute atomic E-state index is 12.5. The highest BCUT2D eigenvalue weighted by Gasteiger charge is 2.30. The molecule has 17 heavy (non-hydrogen) atoms. The number of anilines is 1. The van der Waals surface area contributed by atoms with E-state index in [0.717, 1.165) is 12.1 Å². The Morgan fingerprint density at radius 1 is 1.12 bits per heavy atom. The summed E-state index contributed by atoms with van der Waals surface area (Å²) in [5, 5.41) is 0. The smallest absolute Gasteiger partial charge is 0.398 e. The van der Waals surface area contributed by atoms with Gasteiger partial charge in [-0.2, -0.15) is 13.2 Å². The summed E-state index contributed by atoms with van der Waals surface area (Å²) in [5.74, 6) is 5.55. The summed E-state index contributed by atoms with van der Waals surface area (Å²) in [6.07, 6.45) is -4.37. The molecule has 92 valence electrons. The molecule has 0 bridgehead atoms. The van der Waals surface area contributed by atoms with Crippen LogP contribution in [-0.2, 0) is 6.18 Å². The second-order valence-electron chi connectivity index (χ2n) is 4.80. The number of benzene rings is 1. The van der Waals surface area contributed by atoms with Crippen LogP contribution in [0, 0.1) is 17.3 Å². The maximum Gasteiger partial charge on any atom is 0.416 e. The Morgan fingerprint density at radius 2 is 1.71 bits per heavy atom. The molecule has 0 spiro atoms. The fraction of sp³-hybridized carbons (Fsp3) is 0.385. The highest BCUT2D eigenvalue weighted by atomic mass is 19.4. The SMILES string of the molecule is CC(C)(C)C#Cc1cc(C(F)(F)F)ccc1N. The lowest BCUT2D eigenvalue weighted by Gasteiger charge is -2.09. The van der Waals surface area contributed by atoms with E-state index in [1.807, 2.05) is 20.8 Å². The number of nitrogen functional groups attached to an aromatic ring is 1. The number of rotatable bonds is 0. The molecule has 0 aliphatic heterocycles. The van der Waals surface area contributed by atoms with Gasteiger partial charge >= 0.3 is 6.18 Å². The van der Waals surface area contributed by atoms with Gasteiger partial charge in [0.05, 0.1) is 5.56 Å². The van der Waals surface area contributed by atoms with Gasteiger partial charge in [0, 0.05) is 16.7 Å². The molecule has 0 radical (unpaired) electrons. The van der Waals surface area contributed by atoms with Crippen LogP contribution in [0.4, 0.5) is 18.9 Å². The van der Waals surface area contributed by atoms with Crippen molar-refractivity contribution in [1.29, 1.82) is 0 Å². The van der Waals surface area contributed by atoms with E-state index in [9.17, 15) is 13.2 Å². The molecular weight excluding hydrogens is 227 g/mol. The summed E-state index contributed by atoms with van der Waals surface area (Å²) in [6.45, 7) is 5.64. The minimum absolute atomic E-state index is 0.217. The number of hydrogen-bond acceptors (Lipinski definition) is 1. The minimum atomic E-state index is -4.37. The zero-order valence-electron chi connectivity index (χ0n) is 9.94. The molecule has 0 aliphatic rings. The van der Waals surface area contributed by atoms with Gasteiger partial charge in [-0.3, -0.25) is 0 Å². The van der Waals surface area contributed by atoms with Crippen LogP contribution in [0.25, 0.3) is 0 Å². The lowest BCUT2D eigenvalue weighted by atomic mass is 9.97. The van der Waals surface area contributed by atoms with E-state index in [1.54, 1.807) is 0 Å². The molecule has 1 aromatic carbocycles. The highest BCUT2D eigenvalue weighted by molar-refractivity contribution is 5.57. The third kappa shape index (κ3) is 4.03. The lowest BCUT2D eigenvalue weighted by Crippen LogP contribution is -2.06. The van der Waals surface area contributed by atoms with E-state index in [2.05, 4.69) is 11.8 Å². The quantitative estimate of drug-likeness (QED) is 0.544. The lowest BCUT2D eigenvalue weighted by molar-refractivity contribution is -0.137. The molecule has 0 aliphatic carbocycles. The number of alkyl halides is 3.